The topological polar surface area (TPSA) is 48.4 Å². The van der Waals surface area contributed by atoms with Crippen LogP contribution in [-0.4, -0.2) is 65.2 Å². The third-order valence-electron chi connectivity index (χ3n) is 4.72. The molecule has 0 N–H and O–H groups in total. The Kier molecular flexibility index (Phi) is 3.83. The second kappa shape index (κ2) is 6.12. The van der Waals surface area contributed by atoms with Crippen molar-refractivity contribution < 1.29 is 0 Å². The highest BCUT2D eigenvalue weighted by atomic mass is 15.4. The molecule has 0 aromatic carbocycles. The van der Waals surface area contributed by atoms with Crippen LogP contribution in [0.15, 0.2) is 36.8 Å². The summed E-state index contributed by atoms with van der Waals surface area (Å²) < 4.78 is 0. The van der Waals surface area contributed by atoms with Crippen LogP contribution < -0.4 is 9.80 Å². The number of anilines is 2. The first kappa shape index (κ1) is 14.4. The Hall–Kier alpha value is -2.21. The van der Waals surface area contributed by atoms with Gasteiger partial charge in [-0.05, 0) is 24.6 Å². The maximum atomic E-state index is 4.45. The van der Waals surface area contributed by atoms with Crippen LogP contribution in [0.2, 0.25) is 0 Å². The van der Waals surface area contributed by atoms with Crippen LogP contribution in [0.5, 0.6) is 0 Å². The van der Waals surface area contributed by atoms with E-state index in [0.29, 0.717) is 6.04 Å². The molecule has 2 aliphatic heterocycles. The van der Waals surface area contributed by atoms with Crippen LogP contribution in [0.25, 0.3) is 0 Å². The van der Waals surface area contributed by atoms with E-state index < -0.39 is 0 Å². The number of hydrogen-bond acceptors (Lipinski definition) is 6. The highest BCUT2D eigenvalue weighted by Gasteiger charge is 2.34. The molecular formula is C17H22N6. The summed E-state index contributed by atoms with van der Waals surface area (Å²) in [5.41, 5.74) is 1.11. The Balaban J connectivity index is 1.28. The van der Waals surface area contributed by atoms with Gasteiger partial charge in [0.2, 0.25) is 5.95 Å². The van der Waals surface area contributed by atoms with Gasteiger partial charge >= 0.3 is 0 Å². The number of nitrogens with zero attached hydrogens (tertiary/aromatic N) is 6. The summed E-state index contributed by atoms with van der Waals surface area (Å²) in [7, 11) is 0. The molecule has 0 spiro atoms. The first-order chi connectivity index (χ1) is 11.3. The van der Waals surface area contributed by atoms with Gasteiger partial charge in [-0.15, -0.1) is 0 Å². The van der Waals surface area contributed by atoms with E-state index in [2.05, 4.69) is 41.8 Å². The van der Waals surface area contributed by atoms with Gasteiger partial charge in [-0.25, -0.2) is 15.0 Å². The molecule has 23 heavy (non-hydrogen) atoms. The third kappa shape index (κ3) is 2.99. The predicted molar refractivity (Wildman–Crippen MR) is 90.8 cm³/mol. The number of piperazine rings is 1. The van der Waals surface area contributed by atoms with Crippen LogP contribution in [0, 0.1) is 6.92 Å². The van der Waals surface area contributed by atoms with Crippen molar-refractivity contribution in [2.75, 3.05) is 49.1 Å². The second-order valence-electron chi connectivity index (χ2n) is 6.33. The molecule has 0 amide bonds. The molecule has 4 rings (SSSR count). The van der Waals surface area contributed by atoms with E-state index >= 15 is 0 Å². The van der Waals surface area contributed by atoms with Gasteiger partial charge in [-0.3, -0.25) is 4.90 Å². The number of aromatic nitrogens is 3. The molecule has 120 valence electrons. The van der Waals surface area contributed by atoms with Crippen LogP contribution in [0.1, 0.15) is 5.56 Å². The van der Waals surface area contributed by atoms with Crippen molar-refractivity contribution in [3.05, 3.63) is 42.4 Å². The maximum Gasteiger partial charge on any atom is 0.225 e. The highest BCUT2D eigenvalue weighted by molar-refractivity contribution is 5.39. The van der Waals surface area contributed by atoms with Gasteiger partial charge in [-0.1, -0.05) is 6.07 Å². The van der Waals surface area contributed by atoms with Crippen molar-refractivity contribution in [2.24, 2.45) is 0 Å². The lowest BCUT2D eigenvalue weighted by molar-refractivity contribution is 0.156. The summed E-state index contributed by atoms with van der Waals surface area (Å²) in [6.45, 7) is 8.39. The lowest BCUT2D eigenvalue weighted by atomic mass is 10.1. The molecule has 2 aromatic rings. The Morgan fingerprint density at radius 2 is 1.65 bits per heavy atom. The summed E-state index contributed by atoms with van der Waals surface area (Å²) in [5, 5.41) is 0. The van der Waals surface area contributed by atoms with Crippen LogP contribution in [0.3, 0.4) is 0 Å². The van der Waals surface area contributed by atoms with Crippen molar-refractivity contribution in [3.63, 3.8) is 0 Å². The minimum Gasteiger partial charge on any atom is -0.354 e. The Bertz CT molecular complexity index is 630. The first-order valence-corrected chi connectivity index (χ1v) is 8.23. The zero-order chi connectivity index (χ0) is 15.6. The monoisotopic (exact) mass is 310 g/mol. The van der Waals surface area contributed by atoms with Crippen molar-refractivity contribution in [1.82, 2.24) is 19.9 Å². The van der Waals surface area contributed by atoms with Gasteiger partial charge in [0.05, 0.1) is 0 Å². The number of hydrogen-bond donors (Lipinski definition) is 0. The molecule has 6 heteroatoms. The van der Waals surface area contributed by atoms with Gasteiger partial charge in [0.15, 0.2) is 0 Å². The normalized spacial score (nSPS) is 19.7. The summed E-state index contributed by atoms with van der Waals surface area (Å²) in [6.07, 6.45) is 5.65. The molecule has 0 saturated carbocycles. The molecule has 0 radical (unpaired) electrons. The van der Waals surface area contributed by atoms with Crippen molar-refractivity contribution >= 4 is 11.8 Å². The van der Waals surface area contributed by atoms with Crippen LogP contribution in [0.4, 0.5) is 11.8 Å². The van der Waals surface area contributed by atoms with E-state index in [4.69, 9.17) is 0 Å². The molecular weight excluding hydrogens is 288 g/mol. The summed E-state index contributed by atoms with van der Waals surface area (Å²) in [6, 6.07) is 6.75. The largest absolute Gasteiger partial charge is 0.354 e. The van der Waals surface area contributed by atoms with E-state index in [0.717, 1.165) is 56.6 Å². The standard InChI is InChI=1S/C17H22N6/c1-14-10-19-17(20-11-14)23-12-15(13-23)21-6-8-22(9-7-21)16-4-2-3-5-18-16/h2-5,10-11,15H,6-9,12-13H2,1H3. The first-order valence-electron chi connectivity index (χ1n) is 8.23. The van der Waals surface area contributed by atoms with E-state index in [9.17, 15) is 0 Å². The van der Waals surface area contributed by atoms with Gasteiger partial charge in [0.1, 0.15) is 5.82 Å². The zero-order valence-electron chi connectivity index (χ0n) is 13.5. The smallest absolute Gasteiger partial charge is 0.225 e. The molecule has 2 fully saturated rings. The van der Waals surface area contributed by atoms with E-state index in [1.165, 1.54) is 0 Å². The molecule has 2 saturated heterocycles. The lowest BCUT2D eigenvalue weighted by Gasteiger charge is -2.48. The molecule has 0 bridgehead atoms. The molecule has 0 atom stereocenters. The molecule has 0 aliphatic carbocycles. The molecule has 4 heterocycles. The van der Waals surface area contributed by atoms with Crippen LogP contribution in [-0.2, 0) is 0 Å². The predicted octanol–water partition coefficient (Wildman–Crippen LogP) is 1.19. The maximum absolute atomic E-state index is 4.45. The highest BCUT2D eigenvalue weighted by Crippen LogP contribution is 2.22. The van der Waals surface area contributed by atoms with Crippen molar-refractivity contribution in [2.45, 2.75) is 13.0 Å². The number of aryl methyl sites for hydroxylation is 1. The minimum atomic E-state index is 0.630. The SMILES string of the molecule is Cc1cnc(N2CC(N3CCN(c4ccccn4)CC3)C2)nc1. The Morgan fingerprint density at radius 1 is 0.913 bits per heavy atom. The fourth-order valence-corrected chi connectivity index (χ4v) is 3.26. The van der Waals surface area contributed by atoms with Crippen molar-refractivity contribution in [3.8, 4) is 0 Å². The summed E-state index contributed by atoms with van der Waals surface area (Å²) in [5.74, 6) is 1.95. The third-order valence-corrected chi connectivity index (χ3v) is 4.72. The minimum absolute atomic E-state index is 0.630. The fraction of sp³-hybridized carbons (Fsp3) is 0.471. The second-order valence-corrected chi connectivity index (χ2v) is 6.33. The number of rotatable bonds is 3. The Labute approximate surface area is 136 Å². The molecule has 6 nitrogen and oxygen atoms in total. The van der Waals surface area contributed by atoms with E-state index in [1.54, 1.807) is 0 Å². The van der Waals surface area contributed by atoms with Gasteiger partial charge in [0, 0.05) is 63.9 Å². The molecule has 2 aromatic heterocycles. The fourth-order valence-electron chi connectivity index (χ4n) is 3.26. The summed E-state index contributed by atoms with van der Waals surface area (Å²) >= 11 is 0. The molecule has 2 aliphatic rings. The quantitative estimate of drug-likeness (QED) is 0.849. The average molecular weight is 310 g/mol. The van der Waals surface area contributed by atoms with E-state index in [1.807, 2.05) is 31.6 Å². The van der Waals surface area contributed by atoms with Gasteiger partial charge < -0.3 is 9.80 Å². The number of pyridine rings is 1. The summed E-state index contributed by atoms with van der Waals surface area (Å²) in [4.78, 5) is 20.5. The zero-order valence-corrected chi connectivity index (χ0v) is 13.5. The van der Waals surface area contributed by atoms with E-state index in [-0.39, 0.29) is 0 Å². The molecule has 0 unspecified atom stereocenters. The van der Waals surface area contributed by atoms with Crippen molar-refractivity contribution in [1.29, 1.82) is 0 Å². The van der Waals surface area contributed by atoms with Crippen LogP contribution >= 0.6 is 0 Å². The Morgan fingerprint density at radius 3 is 2.30 bits per heavy atom. The lowest BCUT2D eigenvalue weighted by Crippen LogP contribution is -2.63. The van der Waals surface area contributed by atoms with Gasteiger partial charge in [0.25, 0.3) is 0 Å². The average Bonchev–Trinajstić information content (AvgIpc) is 2.57. The van der Waals surface area contributed by atoms with Gasteiger partial charge in [-0.2, -0.15) is 0 Å².